The van der Waals surface area contributed by atoms with E-state index in [4.69, 9.17) is 5.73 Å². The van der Waals surface area contributed by atoms with E-state index in [0.717, 1.165) is 56.3 Å². The molecule has 0 radical (unpaired) electrons. The summed E-state index contributed by atoms with van der Waals surface area (Å²) in [5.74, 6) is 0.107. The van der Waals surface area contributed by atoms with Gasteiger partial charge in [0, 0.05) is 31.4 Å². The number of thiazole rings is 1. The van der Waals surface area contributed by atoms with E-state index < -0.39 is 0 Å². The molecule has 1 aromatic heterocycles. The molecule has 0 spiro atoms. The van der Waals surface area contributed by atoms with Crippen molar-refractivity contribution in [2.75, 3.05) is 24.5 Å². The highest BCUT2D eigenvalue weighted by Crippen LogP contribution is 2.34. The average molecular weight is 308 g/mol. The molecule has 21 heavy (non-hydrogen) atoms. The summed E-state index contributed by atoms with van der Waals surface area (Å²) in [6.45, 7) is 7.61. The maximum Gasteiger partial charge on any atom is 0.225 e. The zero-order chi connectivity index (χ0) is 15.0. The highest BCUT2D eigenvalue weighted by atomic mass is 32.1. The van der Waals surface area contributed by atoms with Crippen molar-refractivity contribution in [3.8, 4) is 0 Å². The van der Waals surface area contributed by atoms with Crippen molar-refractivity contribution in [3.63, 3.8) is 0 Å². The smallest absolute Gasteiger partial charge is 0.225 e. The van der Waals surface area contributed by atoms with Gasteiger partial charge in [0.15, 0.2) is 5.13 Å². The maximum atomic E-state index is 11.8. The van der Waals surface area contributed by atoms with Crippen molar-refractivity contribution in [2.24, 2.45) is 11.1 Å². The van der Waals surface area contributed by atoms with Gasteiger partial charge in [-0.15, -0.1) is 11.3 Å². The molecule has 6 heteroatoms. The van der Waals surface area contributed by atoms with E-state index >= 15 is 0 Å². The molecule has 1 atom stereocenters. The molecule has 1 unspecified atom stereocenters. The Bertz CT molecular complexity index is 527. The minimum Gasteiger partial charge on any atom is -0.330 e. The van der Waals surface area contributed by atoms with Crippen molar-refractivity contribution in [1.29, 1.82) is 0 Å². The van der Waals surface area contributed by atoms with Crippen LogP contribution in [0.2, 0.25) is 0 Å². The molecule has 2 N–H and O–H groups in total. The molecule has 5 nitrogen and oxygen atoms in total. The first-order valence-corrected chi connectivity index (χ1v) is 8.55. The van der Waals surface area contributed by atoms with Crippen LogP contribution in [0.25, 0.3) is 0 Å². The van der Waals surface area contributed by atoms with Gasteiger partial charge in [-0.25, -0.2) is 4.98 Å². The number of likely N-dealkylation sites (tertiary alicyclic amines) is 1. The van der Waals surface area contributed by atoms with Crippen LogP contribution in [0.3, 0.4) is 0 Å². The largest absolute Gasteiger partial charge is 0.330 e. The summed E-state index contributed by atoms with van der Waals surface area (Å²) in [5.41, 5.74) is 7.18. The SMILES string of the molecule is CC(=O)N(c1nc(CN2CCC(C)(CN)C2)cs1)C1CC1. The number of rotatable bonds is 5. The fraction of sp³-hybridized carbons (Fsp3) is 0.733. The predicted molar refractivity (Wildman–Crippen MR) is 85.4 cm³/mol. The maximum absolute atomic E-state index is 11.8. The fourth-order valence-corrected chi connectivity index (χ4v) is 3.95. The van der Waals surface area contributed by atoms with E-state index in [-0.39, 0.29) is 11.3 Å². The Kier molecular flexibility index (Phi) is 4.03. The minimum atomic E-state index is 0.107. The van der Waals surface area contributed by atoms with E-state index in [2.05, 4.69) is 22.2 Å². The minimum absolute atomic E-state index is 0.107. The van der Waals surface area contributed by atoms with Crippen molar-refractivity contribution >= 4 is 22.4 Å². The number of hydrogen-bond acceptors (Lipinski definition) is 5. The van der Waals surface area contributed by atoms with Gasteiger partial charge in [-0.3, -0.25) is 14.6 Å². The third-order valence-corrected chi connectivity index (χ3v) is 5.40. The second-order valence-electron chi connectivity index (χ2n) is 6.72. The van der Waals surface area contributed by atoms with Crippen LogP contribution in [0.1, 0.15) is 38.8 Å². The lowest BCUT2D eigenvalue weighted by Gasteiger charge is -2.22. The number of aromatic nitrogens is 1. The zero-order valence-electron chi connectivity index (χ0n) is 12.8. The number of anilines is 1. The Morgan fingerprint density at radius 3 is 2.95 bits per heavy atom. The second kappa shape index (κ2) is 5.66. The van der Waals surface area contributed by atoms with E-state index in [9.17, 15) is 4.79 Å². The molecule has 116 valence electrons. The molecule has 2 aliphatic rings. The Morgan fingerprint density at radius 1 is 1.62 bits per heavy atom. The van der Waals surface area contributed by atoms with E-state index in [0.29, 0.717) is 6.04 Å². The number of nitrogens with two attached hydrogens (primary N) is 1. The molecule has 1 saturated carbocycles. The van der Waals surface area contributed by atoms with Crippen LogP contribution in [0, 0.1) is 5.41 Å². The number of carbonyl (C=O) groups is 1. The van der Waals surface area contributed by atoms with E-state index in [1.807, 2.05) is 4.90 Å². The molecule has 1 aliphatic heterocycles. The Balaban J connectivity index is 1.64. The first-order valence-electron chi connectivity index (χ1n) is 7.67. The first-order chi connectivity index (χ1) is 10.0. The molecule has 1 saturated heterocycles. The standard InChI is InChI=1S/C15H24N4OS/c1-11(20)19(13-3-4-13)14-17-12(8-21-14)7-18-6-5-15(2,9-16)10-18/h8,13H,3-7,9-10,16H2,1-2H3. The van der Waals surface area contributed by atoms with Gasteiger partial charge in [-0.05, 0) is 37.8 Å². The van der Waals surface area contributed by atoms with Gasteiger partial charge in [0.05, 0.1) is 5.69 Å². The van der Waals surface area contributed by atoms with Gasteiger partial charge in [-0.2, -0.15) is 0 Å². The number of carbonyl (C=O) groups excluding carboxylic acids is 1. The van der Waals surface area contributed by atoms with E-state index in [1.54, 1.807) is 18.3 Å². The van der Waals surface area contributed by atoms with Crippen LogP contribution in [0.4, 0.5) is 5.13 Å². The summed E-state index contributed by atoms with van der Waals surface area (Å²) in [4.78, 5) is 20.7. The molecule has 1 aromatic rings. The lowest BCUT2D eigenvalue weighted by molar-refractivity contribution is -0.116. The predicted octanol–water partition coefficient (Wildman–Crippen LogP) is 1.83. The summed E-state index contributed by atoms with van der Waals surface area (Å²) in [6, 6.07) is 0.383. The van der Waals surface area contributed by atoms with Crippen molar-refractivity contribution in [2.45, 2.75) is 45.7 Å². The average Bonchev–Trinajstić information content (AvgIpc) is 3.04. The van der Waals surface area contributed by atoms with Crippen molar-refractivity contribution in [3.05, 3.63) is 11.1 Å². The van der Waals surface area contributed by atoms with Gasteiger partial charge < -0.3 is 5.73 Å². The van der Waals surface area contributed by atoms with Gasteiger partial charge in [0.1, 0.15) is 0 Å². The van der Waals surface area contributed by atoms with Crippen molar-refractivity contribution in [1.82, 2.24) is 9.88 Å². The molecule has 0 bridgehead atoms. The fourth-order valence-electron chi connectivity index (χ4n) is 3.02. The summed E-state index contributed by atoms with van der Waals surface area (Å²) >= 11 is 1.59. The van der Waals surface area contributed by atoms with Gasteiger partial charge in [-0.1, -0.05) is 6.92 Å². The summed E-state index contributed by atoms with van der Waals surface area (Å²) in [6.07, 6.45) is 3.37. The molecule has 2 heterocycles. The Hall–Kier alpha value is -0.980. The Morgan fingerprint density at radius 2 is 2.38 bits per heavy atom. The lowest BCUT2D eigenvalue weighted by Crippen LogP contribution is -2.31. The topological polar surface area (TPSA) is 62.5 Å². The van der Waals surface area contributed by atoms with Crippen LogP contribution < -0.4 is 10.6 Å². The zero-order valence-corrected chi connectivity index (χ0v) is 13.7. The van der Waals surface area contributed by atoms with Gasteiger partial charge in [0.2, 0.25) is 5.91 Å². The molecular weight excluding hydrogens is 284 g/mol. The molecule has 1 aliphatic carbocycles. The van der Waals surface area contributed by atoms with Crippen LogP contribution in [0.5, 0.6) is 0 Å². The molecule has 1 amide bonds. The van der Waals surface area contributed by atoms with Crippen LogP contribution in [-0.2, 0) is 11.3 Å². The van der Waals surface area contributed by atoms with Crippen molar-refractivity contribution < 1.29 is 4.79 Å². The van der Waals surface area contributed by atoms with Gasteiger partial charge >= 0.3 is 0 Å². The first kappa shape index (κ1) is 14.9. The third-order valence-electron chi connectivity index (χ3n) is 4.51. The number of amides is 1. The second-order valence-corrected chi connectivity index (χ2v) is 7.55. The molecular formula is C15H24N4OS. The van der Waals surface area contributed by atoms with Crippen LogP contribution in [0.15, 0.2) is 5.38 Å². The third kappa shape index (κ3) is 3.27. The lowest BCUT2D eigenvalue weighted by atomic mass is 9.90. The van der Waals surface area contributed by atoms with Gasteiger partial charge in [0.25, 0.3) is 0 Å². The molecule has 0 aromatic carbocycles. The summed E-state index contributed by atoms with van der Waals surface area (Å²) < 4.78 is 0. The quantitative estimate of drug-likeness (QED) is 0.901. The van der Waals surface area contributed by atoms with Crippen LogP contribution >= 0.6 is 11.3 Å². The monoisotopic (exact) mass is 308 g/mol. The molecule has 2 fully saturated rings. The number of nitrogens with zero attached hydrogens (tertiary/aromatic N) is 3. The van der Waals surface area contributed by atoms with Crippen LogP contribution in [-0.4, -0.2) is 41.5 Å². The number of hydrogen-bond donors (Lipinski definition) is 1. The summed E-state index contributed by atoms with van der Waals surface area (Å²) in [5, 5.41) is 2.95. The normalized spacial score (nSPS) is 26.2. The summed E-state index contributed by atoms with van der Waals surface area (Å²) in [7, 11) is 0. The highest BCUT2D eigenvalue weighted by Gasteiger charge is 2.35. The van der Waals surface area contributed by atoms with E-state index in [1.165, 1.54) is 0 Å². The Labute approximate surface area is 130 Å². The highest BCUT2D eigenvalue weighted by molar-refractivity contribution is 7.14. The molecule has 3 rings (SSSR count).